The molecule has 0 fully saturated rings. The summed E-state index contributed by atoms with van der Waals surface area (Å²) in [6.07, 6.45) is 2.02. The standard InChI is InChI=1S/C18H20O/c1-14-7-6-8-15(2)18(14)13-17(19)12-11-16-9-4-3-5-10-16/h3-10H,11-13H2,1-2H3. The molecule has 2 rings (SSSR count). The van der Waals surface area contributed by atoms with Crippen molar-refractivity contribution in [3.63, 3.8) is 0 Å². The van der Waals surface area contributed by atoms with E-state index < -0.39 is 0 Å². The Morgan fingerprint density at radius 3 is 2.16 bits per heavy atom. The molecule has 1 heteroatoms. The maximum Gasteiger partial charge on any atom is 0.137 e. The van der Waals surface area contributed by atoms with Crippen LogP contribution in [-0.4, -0.2) is 5.78 Å². The molecule has 2 aromatic carbocycles. The van der Waals surface area contributed by atoms with Crippen molar-refractivity contribution < 1.29 is 4.79 Å². The second kappa shape index (κ2) is 6.33. The molecule has 0 atom stereocenters. The number of ketones is 1. The Morgan fingerprint density at radius 2 is 1.53 bits per heavy atom. The Labute approximate surface area is 115 Å². The fourth-order valence-corrected chi connectivity index (χ4v) is 2.34. The zero-order chi connectivity index (χ0) is 13.7. The van der Waals surface area contributed by atoms with Gasteiger partial charge in [-0.05, 0) is 42.5 Å². The summed E-state index contributed by atoms with van der Waals surface area (Å²) < 4.78 is 0. The molecule has 0 spiro atoms. The normalized spacial score (nSPS) is 10.4. The summed E-state index contributed by atoms with van der Waals surface area (Å²) in [5.74, 6) is 0.321. The number of hydrogen-bond donors (Lipinski definition) is 0. The maximum absolute atomic E-state index is 12.1. The van der Waals surface area contributed by atoms with Gasteiger partial charge in [0.2, 0.25) is 0 Å². The van der Waals surface area contributed by atoms with Gasteiger partial charge < -0.3 is 0 Å². The minimum absolute atomic E-state index is 0.321. The quantitative estimate of drug-likeness (QED) is 0.784. The van der Waals surface area contributed by atoms with Crippen LogP contribution in [0.3, 0.4) is 0 Å². The van der Waals surface area contributed by atoms with Crippen LogP contribution in [-0.2, 0) is 17.6 Å². The summed E-state index contributed by atoms with van der Waals surface area (Å²) in [6, 6.07) is 16.4. The number of rotatable bonds is 5. The van der Waals surface area contributed by atoms with Crippen molar-refractivity contribution >= 4 is 5.78 Å². The third-order valence-corrected chi connectivity index (χ3v) is 3.55. The number of aryl methyl sites for hydroxylation is 3. The predicted octanol–water partition coefficient (Wildman–Crippen LogP) is 4.05. The zero-order valence-corrected chi connectivity index (χ0v) is 11.6. The molecule has 0 aromatic heterocycles. The molecule has 0 amide bonds. The molecule has 19 heavy (non-hydrogen) atoms. The molecule has 0 saturated heterocycles. The summed E-state index contributed by atoms with van der Waals surface area (Å²) in [5.41, 5.74) is 4.86. The molecule has 2 aromatic rings. The van der Waals surface area contributed by atoms with Gasteiger partial charge in [-0.15, -0.1) is 0 Å². The van der Waals surface area contributed by atoms with Crippen LogP contribution >= 0.6 is 0 Å². The average Bonchev–Trinajstić information content (AvgIpc) is 2.42. The number of carbonyl (C=O) groups excluding carboxylic acids is 1. The minimum atomic E-state index is 0.321. The van der Waals surface area contributed by atoms with Gasteiger partial charge in [0.25, 0.3) is 0 Å². The van der Waals surface area contributed by atoms with Gasteiger partial charge in [-0.3, -0.25) is 4.79 Å². The molecule has 0 N–H and O–H groups in total. The van der Waals surface area contributed by atoms with E-state index in [1.54, 1.807) is 0 Å². The Bertz CT molecular complexity index is 535. The monoisotopic (exact) mass is 252 g/mol. The average molecular weight is 252 g/mol. The van der Waals surface area contributed by atoms with E-state index in [0.717, 1.165) is 6.42 Å². The van der Waals surface area contributed by atoms with Crippen LogP contribution in [0.1, 0.15) is 28.7 Å². The Kier molecular flexibility index (Phi) is 4.51. The third-order valence-electron chi connectivity index (χ3n) is 3.55. The lowest BCUT2D eigenvalue weighted by atomic mass is 9.96. The molecule has 0 aliphatic heterocycles. The van der Waals surface area contributed by atoms with Gasteiger partial charge in [0.1, 0.15) is 5.78 Å². The van der Waals surface area contributed by atoms with E-state index in [0.29, 0.717) is 18.6 Å². The molecule has 0 aliphatic carbocycles. The highest BCUT2D eigenvalue weighted by Gasteiger charge is 2.08. The summed E-state index contributed by atoms with van der Waals surface area (Å²) >= 11 is 0. The van der Waals surface area contributed by atoms with Crippen molar-refractivity contribution in [2.24, 2.45) is 0 Å². The first kappa shape index (κ1) is 13.5. The van der Waals surface area contributed by atoms with Gasteiger partial charge in [0.05, 0.1) is 0 Å². The molecule has 1 nitrogen and oxygen atoms in total. The van der Waals surface area contributed by atoms with Crippen molar-refractivity contribution in [2.45, 2.75) is 33.1 Å². The predicted molar refractivity (Wildman–Crippen MR) is 79.4 cm³/mol. The topological polar surface area (TPSA) is 17.1 Å². The van der Waals surface area contributed by atoms with Crippen LogP contribution in [0.5, 0.6) is 0 Å². The number of hydrogen-bond acceptors (Lipinski definition) is 1. The first-order valence-electron chi connectivity index (χ1n) is 6.77. The molecule has 0 unspecified atom stereocenters. The van der Waals surface area contributed by atoms with Gasteiger partial charge in [-0.1, -0.05) is 48.5 Å². The van der Waals surface area contributed by atoms with Crippen LogP contribution in [0.15, 0.2) is 48.5 Å². The highest BCUT2D eigenvalue weighted by Crippen LogP contribution is 2.15. The molecule has 0 aliphatic rings. The van der Waals surface area contributed by atoms with E-state index >= 15 is 0 Å². The van der Waals surface area contributed by atoms with Crippen LogP contribution < -0.4 is 0 Å². The van der Waals surface area contributed by atoms with Gasteiger partial charge >= 0.3 is 0 Å². The Balaban J connectivity index is 1.95. The molecule has 0 heterocycles. The zero-order valence-electron chi connectivity index (χ0n) is 11.6. The van der Waals surface area contributed by atoms with Crippen molar-refractivity contribution in [1.29, 1.82) is 0 Å². The van der Waals surface area contributed by atoms with Gasteiger partial charge in [0, 0.05) is 12.8 Å². The van der Waals surface area contributed by atoms with Crippen molar-refractivity contribution in [1.82, 2.24) is 0 Å². The van der Waals surface area contributed by atoms with E-state index in [9.17, 15) is 4.79 Å². The van der Waals surface area contributed by atoms with Gasteiger partial charge in [-0.2, -0.15) is 0 Å². The van der Waals surface area contributed by atoms with Crippen LogP contribution in [0.2, 0.25) is 0 Å². The molecule has 0 radical (unpaired) electrons. The summed E-state index contributed by atoms with van der Waals surface area (Å²) in [4.78, 5) is 12.1. The van der Waals surface area contributed by atoms with Crippen molar-refractivity contribution in [2.75, 3.05) is 0 Å². The summed E-state index contributed by atoms with van der Waals surface area (Å²) in [7, 11) is 0. The molecule has 0 saturated carbocycles. The largest absolute Gasteiger partial charge is 0.299 e. The lowest BCUT2D eigenvalue weighted by Gasteiger charge is -2.08. The maximum atomic E-state index is 12.1. The highest BCUT2D eigenvalue weighted by molar-refractivity contribution is 5.81. The van der Waals surface area contributed by atoms with Crippen LogP contribution in [0.4, 0.5) is 0 Å². The molecule has 0 bridgehead atoms. The first-order chi connectivity index (χ1) is 9.16. The second-order valence-corrected chi connectivity index (χ2v) is 5.07. The lowest BCUT2D eigenvalue weighted by molar-refractivity contribution is -0.118. The van der Waals surface area contributed by atoms with Crippen LogP contribution in [0.25, 0.3) is 0 Å². The van der Waals surface area contributed by atoms with Crippen LogP contribution in [0, 0.1) is 13.8 Å². The number of Topliss-reactive ketones (excluding diaryl/α,β-unsaturated/α-hetero) is 1. The van der Waals surface area contributed by atoms with E-state index in [4.69, 9.17) is 0 Å². The van der Waals surface area contributed by atoms with E-state index in [1.807, 2.05) is 24.3 Å². The SMILES string of the molecule is Cc1cccc(C)c1CC(=O)CCc1ccccc1. The summed E-state index contributed by atoms with van der Waals surface area (Å²) in [5, 5.41) is 0. The van der Waals surface area contributed by atoms with E-state index in [1.165, 1.54) is 22.3 Å². The lowest BCUT2D eigenvalue weighted by Crippen LogP contribution is -2.07. The van der Waals surface area contributed by atoms with E-state index in [2.05, 4.69) is 38.1 Å². The Hall–Kier alpha value is -1.89. The fraction of sp³-hybridized carbons (Fsp3) is 0.278. The second-order valence-electron chi connectivity index (χ2n) is 5.07. The summed E-state index contributed by atoms with van der Waals surface area (Å²) in [6.45, 7) is 4.15. The third kappa shape index (κ3) is 3.78. The van der Waals surface area contributed by atoms with Crippen molar-refractivity contribution in [3.05, 3.63) is 70.8 Å². The van der Waals surface area contributed by atoms with Gasteiger partial charge in [0.15, 0.2) is 0 Å². The smallest absolute Gasteiger partial charge is 0.137 e. The first-order valence-corrected chi connectivity index (χ1v) is 6.77. The van der Waals surface area contributed by atoms with Crippen molar-refractivity contribution in [3.8, 4) is 0 Å². The Morgan fingerprint density at radius 1 is 0.895 bits per heavy atom. The van der Waals surface area contributed by atoms with Gasteiger partial charge in [-0.25, -0.2) is 0 Å². The molecule has 98 valence electrons. The molecular formula is C18H20O. The number of carbonyl (C=O) groups is 1. The fourth-order valence-electron chi connectivity index (χ4n) is 2.34. The number of benzene rings is 2. The minimum Gasteiger partial charge on any atom is -0.299 e. The van der Waals surface area contributed by atoms with E-state index in [-0.39, 0.29) is 0 Å². The molecular weight excluding hydrogens is 232 g/mol. The highest BCUT2D eigenvalue weighted by atomic mass is 16.1.